The van der Waals surface area contributed by atoms with Crippen LogP contribution in [0.2, 0.25) is 10.0 Å². The Morgan fingerprint density at radius 2 is 1.84 bits per heavy atom. The zero-order valence-corrected chi connectivity index (χ0v) is 15.1. The third-order valence-electron chi connectivity index (χ3n) is 3.91. The molecule has 0 saturated heterocycles. The van der Waals surface area contributed by atoms with Crippen LogP contribution in [0.3, 0.4) is 0 Å². The topological polar surface area (TPSA) is 70.1 Å². The lowest BCUT2D eigenvalue weighted by atomic mass is 10.2. The van der Waals surface area contributed by atoms with E-state index in [1.807, 2.05) is 31.3 Å². The van der Waals surface area contributed by atoms with Crippen LogP contribution in [0.5, 0.6) is 0 Å². The largest absolute Gasteiger partial charge is 0.337 e. The summed E-state index contributed by atoms with van der Waals surface area (Å²) in [7, 11) is 3.47. The monoisotopic (exact) mass is 378 g/mol. The van der Waals surface area contributed by atoms with Crippen LogP contribution in [0.1, 0.15) is 5.56 Å². The Labute approximate surface area is 154 Å². The molecule has 2 aromatic carbocycles. The number of hydrogen-bond acceptors (Lipinski definition) is 3. The van der Waals surface area contributed by atoms with Gasteiger partial charge in [0.2, 0.25) is 0 Å². The predicted octanol–water partition coefficient (Wildman–Crippen LogP) is 3.46. The Kier molecular flexibility index (Phi) is 4.85. The van der Waals surface area contributed by atoms with Gasteiger partial charge in [-0.25, -0.2) is 14.2 Å². The van der Waals surface area contributed by atoms with Gasteiger partial charge in [-0.05, 0) is 36.9 Å². The number of nitrogens with zero attached hydrogens (tertiary/aromatic N) is 2. The maximum atomic E-state index is 12.8. The van der Waals surface area contributed by atoms with Gasteiger partial charge in [0.25, 0.3) is 0 Å². The molecule has 0 radical (unpaired) electrons. The van der Waals surface area contributed by atoms with Crippen molar-refractivity contribution in [2.75, 3.05) is 19.0 Å². The van der Waals surface area contributed by atoms with Crippen molar-refractivity contribution < 1.29 is 4.79 Å². The second-order valence-corrected chi connectivity index (χ2v) is 6.40. The summed E-state index contributed by atoms with van der Waals surface area (Å²) in [5.41, 5.74) is 2.05. The fourth-order valence-electron chi connectivity index (χ4n) is 2.59. The summed E-state index contributed by atoms with van der Waals surface area (Å²) in [6.07, 6.45) is 0. The van der Waals surface area contributed by atoms with Gasteiger partial charge in [-0.2, -0.15) is 0 Å². The van der Waals surface area contributed by atoms with E-state index >= 15 is 0 Å². The highest BCUT2D eigenvalue weighted by Crippen LogP contribution is 2.27. The van der Waals surface area contributed by atoms with E-state index in [1.54, 1.807) is 7.05 Å². The molecule has 0 aliphatic rings. The molecule has 8 heteroatoms. The Morgan fingerprint density at radius 1 is 1.20 bits per heavy atom. The van der Waals surface area contributed by atoms with Crippen molar-refractivity contribution in [3.05, 3.63) is 62.5 Å². The van der Waals surface area contributed by atoms with Crippen molar-refractivity contribution in [2.45, 2.75) is 6.54 Å². The maximum Gasteiger partial charge on any atom is 0.337 e. The molecule has 1 heterocycles. The summed E-state index contributed by atoms with van der Waals surface area (Å²) >= 11 is 12.0. The van der Waals surface area contributed by atoms with Crippen LogP contribution >= 0.6 is 23.2 Å². The summed E-state index contributed by atoms with van der Waals surface area (Å²) in [6, 6.07) is 10.0. The number of benzene rings is 2. The van der Waals surface area contributed by atoms with E-state index in [0.29, 0.717) is 21.7 Å². The highest BCUT2D eigenvalue weighted by Gasteiger charge is 2.20. The minimum atomic E-state index is -0.544. The highest BCUT2D eigenvalue weighted by atomic mass is 35.5. The first-order valence-corrected chi connectivity index (χ1v) is 8.29. The first-order valence-electron chi connectivity index (χ1n) is 7.53. The van der Waals surface area contributed by atoms with E-state index in [4.69, 9.17) is 23.2 Å². The number of anilines is 1. The van der Waals surface area contributed by atoms with Gasteiger partial charge < -0.3 is 10.3 Å². The molecule has 6 nitrogen and oxygen atoms in total. The second-order valence-electron chi connectivity index (χ2n) is 5.59. The van der Waals surface area contributed by atoms with Crippen molar-refractivity contribution in [3.63, 3.8) is 0 Å². The minimum Gasteiger partial charge on any atom is -0.316 e. The van der Waals surface area contributed by atoms with E-state index in [9.17, 15) is 9.59 Å². The van der Waals surface area contributed by atoms with Gasteiger partial charge in [0.1, 0.15) is 0 Å². The van der Waals surface area contributed by atoms with Crippen molar-refractivity contribution in [1.82, 2.24) is 14.9 Å². The smallest absolute Gasteiger partial charge is 0.316 e. The van der Waals surface area contributed by atoms with E-state index < -0.39 is 11.7 Å². The Hall–Kier alpha value is -2.28. The lowest BCUT2D eigenvalue weighted by Gasteiger charge is -2.18. The standard InChI is InChI=1S/C17H16Cl2N4O2/c1-20-9-10-3-5-11(6-4-10)22(2)17(25)23-15-8-13(19)12(18)7-14(15)21-16(23)24/h3-8,20H,9H2,1-2H3,(H,21,24). The molecule has 0 atom stereocenters. The first kappa shape index (κ1) is 17.5. The van der Waals surface area contributed by atoms with Crippen molar-refractivity contribution in [1.29, 1.82) is 0 Å². The molecule has 0 fully saturated rings. The zero-order chi connectivity index (χ0) is 18.1. The van der Waals surface area contributed by atoms with Gasteiger partial charge in [-0.15, -0.1) is 0 Å². The summed E-state index contributed by atoms with van der Waals surface area (Å²) in [6.45, 7) is 0.735. The molecule has 3 rings (SSSR count). The van der Waals surface area contributed by atoms with Crippen LogP contribution in [-0.4, -0.2) is 29.7 Å². The van der Waals surface area contributed by atoms with Gasteiger partial charge >= 0.3 is 11.7 Å². The van der Waals surface area contributed by atoms with Crippen LogP contribution in [-0.2, 0) is 6.54 Å². The van der Waals surface area contributed by atoms with Crippen molar-refractivity contribution >= 4 is 46.0 Å². The summed E-state index contributed by atoms with van der Waals surface area (Å²) < 4.78 is 1.04. The summed E-state index contributed by atoms with van der Waals surface area (Å²) in [4.78, 5) is 29.1. The van der Waals surface area contributed by atoms with Gasteiger partial charge in [0.15, 0.2) is 0 Å². The third-order valence-corrected chi connectivity index (χ3v) is 4.63. The number of fused-ring (bicyclic) bond motifs is 1. The molecule has 3 aromatic rings. The van der Waals surface area contributed by atoms with Crippen LogP contribution in [0.25, 0.3) is 11.0 Å². The van der Waals surface area contributed by atoms with E-state index in [1.165, 1.54) is 17.0 Å². The van der Waals surface area contributed by atoms with Crippen LogP contribution < -0.4 is 15.9 Å². The second kappa shape index (κ2) is 6.92. The number of aromatic nitrogens is 2. The van der Waals surface area contributed by atoms with Crippen molar-refractivity contribution in [3.8, 4) is 0 Å². The molecule has 130 valence electrons. The number of imidazole rings is 1. The molecule has 0 unspecified atom stereocenters. The SMILES string of the molecule is CNCc1ccc(N(C)C(=O)n2c(=O)[nH]c3cc(Cl)c(Cl)cc32)cc1. The highest BCUT2D eigenvalue weighted by molar-refractivity contribution is 6.42. The van der Waals surface area contributed by atoms with E-state index in [-0.39, 0.29) is 5.02 Å². The molecule has 1 aromatic heterocycles. The number of halogens is 2. The number of carbonyl (C=O) groups excluding carboxylic acids is 1. The molecule has 0 spiro atoms. The normalized spacial score (nSPS) is 11.0. The molecule has 0 bridgehead atoms. The van der Waals surface area contributed by atoms with E-state index in [0.717, 1.165) is 16.7 Å². The van der Waals surface area contributed by atoms with Crippen LogP contribution in [0, 0.1) is 0 Å². The summed E-state index contributed by atoms with van der Waals surface area (Å²) in [5, 5.41) is 3.64. The van der Waals surface area contributed by atoms with E-state index in [2.05, 4.69) is 10.3 Å². The number of H-pyrrole nitrogens is 1. The molecule has 0 aliphatic carbocycles. The van der Waals surface area contributed by atoms with Gasteiger partial charge in [0.05, 0.1) is 21.1 Å². The fourth-order valence-corrected chi connectivity index (χ4v) is 2.92. The molecule has 0 saturated carbocycles. The van der Waals surface area contributed by atoms with Crippen molar-refractivity contribution in [2.24, 2.45) is 0 Å². The first-order chi connectivity index (χ1) is 11.9. The maximum absolute atomic E-state index is 12.8. The number of nitrogens with one attached hydrogen (secondary N) is 2. The molecular formula is C17H16Cl2N4O2. The summed E-state index contributed by atoms with van der Waals surface area (Å²) in [5.74, 6) is 0. The Morgan fingerprint density at radius 3 is 2.48 bits per heavy atom. The third kappa shape index (κ3) is 3.28. The Bertz CT molecular complexity index is 992. The number of amides is 1. The van der Waals surface area contributed by atoms with Gasteiger partial charge in [-0.1, -0.05) is 35.3 Å². The van der Waals surface area contributed by atoms with Gasteiger partial charge in [0, 0.05) is 19.3 Å². The lowest BCUT2D eigenvalue weighted by Crippen LogP contribution is -2.36. The zero-order valence-electron chi connectivity index (χ0n) is 13.6. The number of carbonyl (C=O) groups is 1. The Balaban J connectivity index is 2.00. The number of hydrogen-bond donors (Lipinski definition) is 2. The minimum absolute atomic E-state index is 0.272. The number of rotatable bonds is 3. The number of aromatic amines is 1. The lowest BCUT2D eigenvalue weighted by molar-refractivity contribution is 0.249. The average Bonchev–Trinajstić information content (AvgIpc) is 2.90. The van der Waals surface area contributed by atoms with Crippen LogP contribution in [0.15, 0.2) is 41.2 Å². The molecule has 0 aliphatic heterocycles. The van der Waals surface area contributed by atoms with Gasteiger partial charge in [-0.3, -0.25) is 4.90 Å². The fraction of sp³-hybridized carbons (Fsp3) is 0.176. The molecule has 1 amide bonds. The molecule has 25 heavy (non-hydrogen) atoms. The van der Waals surface area contributed by atoms with Crippen LogP contribution in [0.4, 0.5) is 10.5 Å². The predicted molar refractivity (Wildman–Crippen MR) is 101 cm³/mol. The molecule has 2 N–H and O–H groups in total. The molecular weight excluding hydrogens is 363 g/mol. The average molecular weight is 379 g/mol. The quantitative estimate of drug-likeness (QED) is 0.732.